The number of ketones is 1. The molecule has 3 N–H and O–H groups in total. The highest BCUT2D eigenvalue weighted by Gasteiger charge is 2.32. The minimum absolute atomic E-state index is 0.147. The van der Waals surface area contributed by atoms with Gasteiger partial charge in [-0.2, -0.15) is 5.10 Å². The number of carbonyl (C=O) groups excluding carboxylic acids is 1. The molecule has 0 unspecified atom stereocenters. The molecule has 1 atom stereocenters. The number of piperazine rings is 1. The molecule has 3 heterocycles. The summed E-state index contributed by atoms with van der Waals surface area (Å²) in [5.41, 5.74) is 2.68. The highest BCUT2D eigenvalue weighted by molar-refractivity contribution is 6.15. The highest BCUT2D eigenvalue weighted by Crippen LogP contribution is 2.40. The molecule has 29 heavy (non-hydrogen) atoms. The summed E-state index contributed by atoms with van der Waals surface area (Å²) in [5.74, 6) is 0.625. The Kier molecular flexibility index (Phi) is 4.34. The largest absolute Gasteiger partial charge is 0.507 e. The number of ether oxygens (including phenoxy) is 1. The molecule has 0 saturated carbocycles. The van der Waals surface area contributed by atoms with Gasteiger partial charge in [0.2, 0.25) is 5.78 Å². The number of para-hydroxylation sites is 1. The van der Waals surface area contributed by atoms with E-state index in [1.54, 1.807) is 18.2 Å². The number of hydrogen-bond donors (Lipinski definition) is 3. The number of benzene rings is 2. The molecule has 0 bridgehead atoms. The van der Waals surface area contributed by atoms with Crippen molar-refractivity contribution in [1.82, 2.24) is 20.4 Å². The molecule has 1 aromatic heterocycles. The summed E-state index contributed by atoms with van der Waals surface area (Å²) in [4.78, 5) is 15.2. The number of allylic oxidation sites excluding steroid dienone is 1. The summed E-state index contributed by atoms with van der Waals surface area (Å²) >= 11 is 0. The Balaban J connectivity index is 1.50. The zero-order chi connectivity index (χ0) is 20.0. The van der Waals surface area contributed by atoms with Gasteiger partial charge in [-0.05, 0) is 25.1 Å². The lowest BCUT2D eigenvalue weighted by molar-refractivity contribution is 0.101. The number of fused-ring (bicyclic) bond motifs is 2. The minimum atomic E-state index is -0.193. The molecular weight excluding hydrogens is 368 g/mol. The maximum absolute atomic E-state index is 12.9. The van der Waals surface area contributed by atoms with E-state index >= 15 is 0 Å². The first-order valence-electron chi connectivity index (χ1n) is 9.79. The van der Waals surface area contributed by atoms with Crippen LogP contribution in [0.5, 0.6) is 11.5 Å². The van der Waals surface area contributed by atoms with Crippen molar-refractivity contribution in [1.29, 1.82) is 0 Å². The number of aromatic amines is 1. The van der Waals surface area contributed by atoms with Gasteiger partial charge in [-0.25, -0.2) is 0 Å². The molecule has 1 saturated heterocycles. The number of phenolic OH excluding ortho intramolecular Hbond substituents is 1. The number of phenols is 1. The van der Waals surface area contributed by atoms with Crippen LogP contribution in [0.25, 0.3) is 17.0 Å². The smallest absolute Gasteiger partial charge is 0.232 e. The van der Waals surface area contributed by atoms with Gasteiger partial charge in [0.25, 0.3) is 0 Å². The first-order chi connectivity index (χ1) is 14.1. The van der Waals surface area contributed by atoms with Crippen LogP contribution in [-0.2, 0) is 6.54 Å². The third-order valence-corrected chi connectivity index (χ3v) is 5.68. The monoisotopic (exact) mass is 390 g/mol. The average molecular weight is 390 g/mol. The molecule has 7 heteroatoms. The second-order valence-corrected chi connectivity index (χ2v) is 7.56. The number of Topliss-reactive ketones (excluding diaryl/α,β-unsaturated/α-hetero) is 1. The van der Waals surface area contributed by atoms with Gasteiger partial charge in [-0.15, -0.1) is 0 Å². The lowest BCUT2D eigenvalue weighted by atomic mass is 10.0. The fraction of sp³-hybridized carbons (Fsp3) is 0.273. The lowest BCUT2D eigenvalue weighted by Gasteiger charge is -2.34. The third-order valence-electron chi connectivity index (χ3n) is 5.68. The number of nitrogens with one attached hydrogen (secondary N) is 2. The van der Waals surface area contributed by atoms with Crippen molar-refractivity contribution in [2.24, 2.45) is 0 Å². The van der Waals surface area contributed by atoms with Crippen LogP contribution < -0.4 is 10.1 Å². The van der Waals surface area contributed by atoms with Crippen molar-refractivity contribution in [2.45, 2.75) is 19.5 Å². The predicted octanol–water partition coefficient (Wildman–Crippen LogP) is 2.68. The molecule has 5 rings (SSSR count). The number of hydrogen-bond acceptors (Lipinski definition) is 6. The minimum Gasteiger partial charge on any atom is -0.507 e. The van der Waals surface area contributed by atoms with E-state index in [9.17, 15) is 9.90 Å². The van der Waals surface area contributed by atoms with Gasteiger partial charge in [0.05, 0.1) is 22.3 Å². The number of carbonyl (C=O) groups is 1. The normalized spacial score (nSPS) is 20.9. The summed E-state index contributed by atoms with van der Waals surface area (Å²) in [6.45, 7) is 5.35. The van der Waals surface area contributed by atoms with Crippen molar-refractivity contribution in [3.8, 4) is 11.5 Å². The maximum atomic E-state index is 12.9. The van der Waals surface area contributed by atoms with Crippen LogP contribution in [0.1, 0.15) is 28.5 Å². The zero-order valence-electron chi connectivity index (χ0n) is 16.1. The molecule has 7 nitrogen and oxygen atoms in total. The quantitative estimate of drug-likeness (QED) is 0.596. The average Bonchev–Trinajstić information content (AvgIpc) is 3.28. The summed E-state index contributed by atoms with van der Waals surface area (Å²) in [5, 5.41) is 22.0. The van der Waals surface area contributed by atoms with Crippen LogP contribution in [-0.4, -0.2) is 51.7 Å². The molecule has 2 aliphatic heterocycles. The fourth-order valence-electron chi connectivity index (χ4n) is 3.99. The van der Waals surface area contributed by atoms with E-state index in [1.165, 1.54) is 0 Å². The molecule has 2 aliphatic rings. The molecule has 0 aliphatic carbocycles. The van der Waals surface area contributed by atoms with Crippen LogP contribution in [0, 0.1) is 0 Å². The van der Waals surface area contributed by atoms with Gasteiger partial charge in [-0.3, -0.25) is 14.8 Å². The number of aromatic nitrogens is 2. The van der Waals surface area contributed by atoms with E-state index in [0.29, 0.717) is 35.2 Å². The topological polar surface area (TPSA) is 90.5 Å². The highest BCUT2D eigenvalue weighted by atomic mass is 16.5. The number of rotatable bonds is 3. The number of H-pyrrole nitrogens is 1. The zero-order valence-corrected chi connectivity index (χ0v) is 16.1. The van der Waals surface area contributed by atoms with E-state index in [-0.39, 0.29) is 17.3 Å². The molecule has 2 aromatic carbocycles. The van der Waals surface area contributed by atoms with Gasteiger partial charge < -0.3 is 15.2 Å². The van der Waals surface area contributed by atoms with Crippen molar-refractivity contribution < 1.29 is 14.6 Å². The third kappa shape index (κ3) is 3.08. The van der Waals surface area contributed by atoms with Crippen LogP contribution >= 0.6 is 0 Å². The lowest BCUT2D eigenvalue weighted by Crippen LogP contribution is -2.49. The second kappa shape index (κ2) is 7.02. The number of aromatic hydroxyl groups is 1. The van der Waals surface area contributed by atoms with E-state index in [4.69, 9.17) is 4.74 Å². The van der Waals surface area contributed by atoms with Crippen molar-refractivity contribution in [3.63, 3.8) is 0 Å². The van der Waals surface area contributed by atoms with Crippen molar-refractivity contribution in [3.05, 3.63) is 59.0 Å². The Bertz CT molecular complexity index is 1130. The molecule has 1 fully saturated rings. The summed E-state index contributed by atoms with van der Waals surface area (Å²) in [6.07, 6.45) is 1.66. The first-order valence-corrected chi connectivity index (χ1v) is 9.79. The fourth-order valence-corrected chi connectivity index (χ4v) is 3.99. The molecule has 148 valence electrons. The molecular formula is C22H22N4O3. The Morgan fingerprint density at radius 3 is 3.03 bits per heavy atom. The van der Waals surface area contributed by atoms with E-state index < -0.39 is 0 Å². The molecule has 0 amide bonds. The SMILES string of the molecule is C[C@H]1CNCCN1Cc1c(O)ccc2c1O/C(=C\c1n[nH]c3ccccc13)C2=O. The van der Waals surface area contributed by atoms with E-state index in [0.717, 1.165) is 30.5 Å². The Morgan fingerprint density at radius 2 is 2.17 bits per heavy atom. The van der Waals surface area contributed by atoms with Gasteiger partial charge in [0, 0.05) is 43.7 Å². The van der Waals surface area contributed by atoms with Crippen molar-refractivity contribution in [2.75, 3.05) is 19.6 Å². The van der Waals surface area contributed by atoms with Crippen LogP contribution in [0.15, 0.2) is 42.2 Å². The predicted molar refractivity (Wildman–Crippen MR) is 110 cm³/mol. The van der Waals surface area contributed by atoms with Gasteiger partial charge in [-0.1, -0.05) is 18.2 Å². The molecule has 0 spiro atoms. The van der Waals surface area contributed by atoms with Gasteiger partial charge in [0.1, 0.15) is 11.5 Å². The summed E-state index contributed by atoms with van der Waals surface area (Å²) < 4.78 is 5.99. The van der Waals surface area contributed by atoms with Gasteiger partial charge >= 0.3 is 0 Å². The van der Waals surface area contributed by atoms with Gasteiger partial charge in [0.15, 0.2) is 5.76 Å². The van der Waals surface area contributed by atoms with Crippen molar-refractivity contribution >= 4 is 22.8 Å². The Morgan fingerprint density at radius 1 is 1.31 bits per heavy atom. The molecule has 0 radical (unpaired) electrons. The molecule has 3 aromatic rings. The van der Waals surface area contributed by atoms with E-state index in [2.05, 4.69) is 27.3 Å². The van der Waals surface area contributed by atoms with Crippen LogP contribution in [0.2, 0.25) is 0 Å². The standard InChI is InChI=1S/C22H22N4O3/c1-13-11-23-8-9-26(13)12-16-19(27)7-6-15-21(28)20(29-22(15)16)10-18-14-4-2-3-5-17(14)24-25-18/h2-7,10,13,23,27H,8-9,11-12H2,1H3,(H,24,25)/b20-10-/t13-/m0/s1. The Hall–Kier alpha value is -3.16. The van der Waals surface area contributed by atoms with Crippen LogP contribution in [0.3, 0.4) is 0 Å². The number of nitrogens with zero attached hydrogens (tertiary/aromatic N) is 2. The maximum Gasteiger partial charge on any atom is 0.232 e. The van der Waals surface area contributed by atoms with E-state index in [1.807, 2.05) is 24.3 Å². The first kappa shape index (κ1) is 17.9. The summed E-state index contributed by atoms with van der Waals surface area (Å²) in [6, 6.07) is 11.3. The second-order valence-electron chi connectivity index (χ2n) is 7.56. The van der Waals surface area contributed by atoms with Crippen LogP contribution in [0.4, 0.5) is 0 Å². The summed E-state index contributed by atoms with van der Waals surface area (Å²) in [7, 11) is 0. The Labute approximate surface area is 168 Å².